The summed E-state index contributed by atoms with van der Waals surface area (Å²) in [5.74, 6) is 0.789. The van der Waals surface area contributed by atoms with Crippen LogP contribution in [0.2, 0.25) is 0 Å². The largest absolute Gasteiger partial charge is 0.495 e. The summed E-state index contributed by atoms with van der Waals surface area (Å²) in [5.41, 5.74) is 1.08. The van der Waals surface area contributed by atoms with Crippen molar-refractivity contribution in [2.45, 2.75) is 57.7 Å². The van der Waals surface area contributed by atoms with E-state index in [2.05, 4.69) is 43.6 Å². The minimum absolute atomic E-state index is 0.0967. The van der Waals surface area contributed by atoms with Gasteiger partial charge in [0, 0.05) is 17.1 Å². The molecule has 0 aliphatic carbocycles. The molecule has 5 heteroatoms. The van der Waals surface area contributed by atoms with Gasteiger partial charge in [-0.3, -0.25) is 0 Å². The monoisotopic (exact) mass is 321 g/mol. The van der Waals surface area contributed by atoms with Gasteiger partial charge < -0.3 is 20.7 Å². The Balaban J connectivity index is 2.00. The van der Waals surface area contributed by atoms with E-state index in [0.717, 1.165) is 24.3 Å². The zero-order chi connectivity index (χ0) is 16.4. The number of hydrogen-bond donors (Lipinski definition) is 3. The van der Waals surface area contributed by atoms with Crippen molar-refractivity contribution in [3.8, 4) is 5.75 Å². The van der Waals surface area contributed by atoms with Gasteiger partial charge in [0.25, 0.3) is 0 Å². The average Bonchev–Trinajstić information content (AvgIpc) is 2.35. The van der Waals surface area contributed by atoms with E-state index in [1.165, 1.54) is 0 Å². The lowest BCUT2D eigenvalue weighted by atomic mass is 9.80. The number of nitrogens with one attached hydrogen (secondary N) is 3. The molecule has 0 radical (unpaired) electrons. The van der Waals surface area contributed by atoms with Crippen molar-refractivity contribution >= 4 is 23.0 Å². The lowest BCUT2D eigenvalue weighted by Gasteiger charge is -2.46. The lowest BCUT2D eigenvalue weighted by molar-refractivity contribution is 0.156. The van der Waals surface area contributed by atoms with Crippen LogP contribution in [0.1, 0.15) is 40.5 Å². The molecule has 0 spiro atoms. The van der Waals surface area contributed by atoms with Crippen LogP contribution in [0.15, 0.2) is 24.3 Å². The summed E-state index contributed by atoms with van der Waals surface area (Å²) < 4.78 is 5.34. The number of rotatable bonds is 3. The fraction of sp³-hybridized carbons (Fsp3) is 0.588. The van der Waals surface area contributed by atoms with Crippen LogP contribution in [0.3, 0.4) is 0 Å². The standard InChI is InChI=1S/C17H27N3OS/c1-16(2)10-12(11-17(3,4)20-16)18-15(22)19-13-8-6-7-9-14(13)21-5/h6-9,12,20H,10-11H2,1-5H3,(H2,18,19,22). The van der Waals surface area contributed by atoms with Crippen molar-refractivity contribution in [3.63, 3.8) is 0 Å². The molecular weight excluding hydrogens is 294 g/mol. The van der Waals surface area contributed by atoms with Gasteiger partial charge in [0.2, 0.25) is 0 Å². The van der Waals surface area contributed by atoms with Crippen molar-refractivity contribution in [1.82, 2.24) is 10.6 Å². The summed E-state index contributed by atoms with van der Waals surface area (Å²) in [6, 6.07) is 8.13. The number of anilines is 1. The Morgan fingerprint density at radius 3 is 2.36 bits per heavy atom. The number of benzene rings is 1. The van der Waals surface area contributed by atoms with Crippen LogP contribution < -0.4 is 20.7 Å². The van der Waals surface area contributed by atoms with Gasteiger partial charge in [0.05, 0.1) is 12.8 Å². The molecule has 3 N–H and O–H groups in total. The molecule has 22 heavy (non-hydrogen) atoms. The van der Waals surface area contributed by atoms with Crippen LogP contribution >= 0.6 is 12.2 Å². The van der Waals surface area contributed by atoms with Gasteiger partial charge in [-0.25, -0.2) is 0 Å². The first-order chi connectivity index (χ1) is 10.2. The number of para-hydroxylation sites is 2. The minimum Gasteiger partial charge on any atom is -0.495 e. The first-order valence-corrected chi connectivity index (χ1v) is 8.11. The molecule has 0 aromatic heterocycles. The van der Waals surface area contributed by atoms with E-state index in [1.54, 1.807) is 7.11 Å². The zero-order valence-corrected chi connectivity index (χ0v) is 14.9. The summed E-state index contributed by atoms with van der Waals surface area (Å²) >= 11 is 5.48. The maximum atomic E-state index is 5.48. The predicted molar refractivity (Wildman–Crippen MR) is 96.7 cm³/mol. The topological polar surface area (TPSA) is 45.3 Å². The second kappa shape index (κ2) is 6.42. The zero-order valence-electron chi connectivity index (χ0n) is 14.1. The molecule has 0 unspecified atom stereocenters. The lowest BCUT2D eigenvalue weighted by Crippen LogP contribution is -2.62. The number of ether oxygens (including phenoxy) is 1. The maximum absolute atomic E-state index is 5.48. The molecular formula is C17H27N3OS. The molecule has 1 aliphatic heterocycles. The Hall–Kier alpha value is -1.33. The van der Waals surface area contributed by atoms with Crippen LogP contribution in [0.5, 0.6) is 5.75 Å². The van der Waals surface area contributed by atoms with Gasteiger partial charge in [-0.2, -0.15) is 0 Å². The van der Waals surface area contributed by atoms with E-state index < -0.39 is 0 Å². The molecule has 0 saturated carbocycles. The van der Waals surface area contributed by atoms with Crippen molar-refractivity contribution < 1.29 is 4.74 Å². The number of hydrogen-bond acceptors (Lipinski definition) is 3. The van der Waals surface area contributed by atoms with E-state index in [1.807, 2.05) is 24.3 Å². The van der Waals surface area contributed by atoms with E-state index in [4.69, 9.17) is 17.0 Å². The van der Waals surface area contributed by atoms with E-state index in [9.17, 15) is 0 Å². The van der Waals surface area contributed by atoms with Crippen LogP contribution in [0.25, 0.3) is 0 Å². The van der Waals surface area contributed by atoms with Gasteiger partial charge in [0.15, 0.2) is 5.11 Å². The summed E-state index contributed by atoms with van der Waals surface area (Å²) in [6.45, 7) is 8.94. The van der Waals surface area contributed by atoms with Gasteiger partial charge >= 0.3 is 0 Å². The van der Waals surface area contributed by atoms with Crippen molar-refractivity contribution in [2.24, 2.45) is 0 Å². The van der Waals surface area contributed by atoms with Crippen molar-refractivity contribution in [2.75, 3.05) is 12.4 Å². The SMILES string of the molecule is COc1ccccc1NC(=S)NC1CC(C)(C)NC(C)(C)C1. The number of methoxy groups -OCH3 is 1. The molecule has 122 valence electrons. The molecule has 4 nitrogen and oxygen atoms in total. The fourth-order valence-corrected chi connectivity index (χ4v) is 3.79. The molecule has 1 saturated heterocycles. The molecule has 0 atom stereocenters. The van der Waals surface area contributed by atoms with Gasteiger partial charge in [-0.15, -0.1) is 0 Å². The highest BCUT2D eigenvalue weighted by atomic mass is 32.1. The highest BCUT2D eigenvalue weighted by molar-refractivity contribution is 7.80. The van der Waals surface area contributed by atoms with Crippen LogP contribution in [-0.2, 0) is 0 Å². The smallest absolute Gasteiger partial charge is 0.171 e. The van der Waals surface area contributed by atoms with Gasteiger partial charge in [-0.1, -0.05) is 12.1 Å². The van der Waals surface area contributed by atoms with E-state index in [-0.39, 0.29) is 11.1 Å². The summed E-state index contributed by atoms with van der Waals surface area (Å²) in [5, 5.41) is 11.0. The third-order valence-electron chi connectivity index (χ3n) is 3.88. The Bertz CT molecular complexity index is 526. The molecule has 1 aromatic rings. The maximum Gasteiger partial charge on any atom is 0.171 e. The molecule has 1 fully saturated rings. The Kier molecular flexibility index (Phi) is 4.97. The quantitative estimate of drug-likeness (QED) is 0.746. The van der Waals surface area contributed by atoms with Crippen molar-refractivity contribution in [3.05, 3.63) is 24.3 Å². The molecule has 1 aliphatic rings. The third-order valence-corrected chi connectivity index (χ3v) is 4.10. The molecule has 0 bridgehead atoms. The first-order valence-electron chi connectivity index (χ1n) is 7.71. The second-order valence-corrected chi connectivity index (χ2v) is 7.70. The Morgan fingerprint density at radius 2 is 1.77 bits per heavy atom. The van der Waals surface area contributed by atoms with Crippen LogP contribution in [0, 0.1) is 0 Å². The number of piperidine rings is 1. The fourth-order valence-electron chi connectivity index (χ4n) is 3.52. The number of thiocarbonyl (C=S) groups is 1. The van der Waals surface area contributed by atoms with Gasteiger partial charge in [-0.05, 0) is 64.9 Å². The molecule has 1 heterocycles. The average molecular weight is 321 g/mol. The van der Waals surface area contributed by atoms with E-state index in [0.29, 0.717) is 11.2 Å². The van der Waals surface area contributed by atoms with Crippen LogP contribution in [0.4, 0.5) is 5.69 Å². The summed E-state index contributed by atoms with van der Waals surface area (Å²) in [6.07, 6.45) is 2.06. The third kappa shape index (κ3) is 4.58. The molecule has 1 aromatic carbocycles. The Labute approximate surface area is 139 Å². The second-order valence-electron chi connectivity index (χ2n) is 7.30. The predicted octanol–water partition coefficient (Wildman–Crippen LogP) is 3.29. The van der Waals surface area contributed by atoms with Crippen LogP contribution in [-0.4, -0.2) is 29.3 Å². The highest BCUT2D eigenvalue weighted by Crippen LogP contribution is 2.29. The van der Waals surface area contributed by atoms with Crippen molar-refractivity contribution in [1.29, 1.82) is 0 Å². The summed E-state index contributed by atoms with van der Waals surface area (Å²) in [7, 11) is 1.66. The normalized spacial score (nSPS) is 20.2. The highest BCUT2D eigenvalue weighted by Gasteiger charge is 2.37. The first kappa shape index (κ1) is 17.0. The van der Waals surface area contributed by atoms with Gasteiger partial charge in [0.1, 0.15) is 5.75 Å². The molecule has 0 amide bonds. The molecule has 2 rings (SSSR count). The minimum atomic E-state index is 0.0967. The summed E-state index contributed by atoms with van der Waals surface area (Å²) in [4.78, 5) is 0. The van der Waals surface area contributed by atoms with E-state index >= 15 is 0 Å². The Morgan fingerprint density at radius 1 is 1.18 bits per heavy atom.